The van der Waals surface area contributed by atoms with Crippen LogP contribution in [0.15, 0.2) is 11.7 Å². The molecule has 1 atom stereocenters. The molecule has 0 N–H and O–H groups in total. The summed E-state index contributed by atoms with van der Waals surface area (Å²) in [5, 5.41) is 0. The molecule has 2 rings (SSSR count). The van der Waals surface area contributed by atoms with Crippen molar-refractivity contribution < 1.29 is 4.79 Å². The summed E-state index contributed by atoms with van der Waals surface area (Å²) >= 11 is 1.67. The van der Waals surface area contributed by atoms with Crippen molar-refractivity contribution in [1.82, 2.24) is 4.98 Å². The Kier molecular flexibility index (Phi) is 2.43. The van der Waals surface area contributed by atoms with Gasteiger partial charge in [-0.25, -0.2) is 0 Å². The zero-order chi connectivity index (χ0) is 10.2. The Bertz CT molecular complexity index is 329. The molecule has 1 fully saturated rings. The normalized spacial score (nSPS) is 26.4. The number of carbonyl (C=O) groups excluding carboxylic acids is 1. The van der Waals surface area contributed by atoms with Crippen LogP contribution in [0, 0.1) is 5.41 Å². The third-order valence-electron chi connectivity index (χ3n) is 3.22. The summed E-state index contributed by atoms with van der Waals surface area (Å²) in [6.07, 6.45) is 4.38. The van der Waals surface area contributed by atoms with E-state index in [1.165, 1.54) is 4.88 Å². The molecule has 14 heavy (non-hydrogen) atoms. The van der Waals surface area contributed by atoms with Gasteiger partial charge in [-0.3, -0.25) is 9.78 Å². The number of hydrogen-bond acceptors (Lipinski definition) is 3. The second-order valence-corrected chi connectivity index (χ2v) is 5.61. The van der Waals surface area contributed by atoms with Crippen molar-refractivity contribution in [2.75, 3.05) is 0 Å². The van der Waals surface area contributed by atoms with Gasteiger partial charge in [-0.05, 0) is 11.8 Å². The lowest BCUT2D eigenvalue weighted by Crippen LogP contribution is -2.29. The number of aromatic nitrogens is 1. The molecule has 2 nitrogen and oxygen atoms in total. The molecule has 1 aromatic rings. The van der Waals surface area contributed by atoms with Crippen molar-refractivity contribution in [3.8, 4) is 0 Å². The van der Waals surface area contributed by atoms with Crippen LogP contribution in [0.3, 0.4) is 0 Å². The van der Waals surface area contributed by atoms with Crippen LogP contribution in [0.2, 0.25) is 0 Å². The first-order valence-electron chi connectivity index (χ1n) is 5.00. The number of nitrogens with zero attached hydrogens (tertiary/aromatic N) is 1. The first-order valence-corrected chi connectivity index (χ1v) is 5.87. The fourth-order valence-electron chi connectivity index (χ4n) is 2.13. The SMILES string of the molecule is CC1(C)CCC(=O)CC1c1cncs1. The Labute approximate surface area is 88.4 Å². The first kappa shape index (κ1) is 9.84. The molecule has 0 saturated heterocycles. The molecule has 0 aromatic carbocycles. The van der Waals surface area contributed by atoms with Gasteiger partial charge in [0.1, 0.15) is 5.78 Å². The van der Waals surface area contributed by atoms with Crippen molar-refractivity contribution >= 4 is 17.1 Å². The Balaban J connectivity index is 2.27. The maximum atomic E-state index is 11.4. The molecule has 1 aromatic heterocycles. The minimum atomic E-state index is 0.250. The van der Waals surface area contributed by atoms with Crippen molar-refractivity contribution in [1.29, 1.82) is 0 Å². The van der Waals surface area contributed by atoms with E-state index < -0.39 is 0 Å². The highest BCUT2D eigenvalue weighted by Crippen LogP contribution is 2.46. The van der Waals surface area contributed by atoms with Crippen LogP contribution < -0.4 is 0 Å². The molecular weight excluding hydrogens is 194 g/mol. The fourth-order valence-corrected chi connectivity index (χ4v) is 3.06. The van der Waals surface area contributed by atoms with E-state index in [1.807, 2.05) is 11.7 Å². The van der Waals surface area contributed by atoms with E-state index in [4.69, 9.17) is 0 Å². The second-order valence-electron chi connectivity index (χ2n) is 4.69. The van der Waals surface area contributed by atoms with Gasteiger partial charge in [0.05, 0.1) is 5.51 Å². The van der Waals surface area contributed by atoms with Gasteiger partial charge in [0.15, 0.2) is 0 Å². The maximum absolute atomic E-state index is 11.4. The van der Waals surface area contributed by atoms with E-state index in [2.05, 4.69) is 18.8 Å². The lowest BCUT2D eigenvalue weighted by Gasteiger charge is -2.37. The Morgan fingerprint density at radius 2 is 2.36 bits per heavy atom. The minimum absolute atomic E-state index is 0.250. The van der Waals surface area contributed by atoms with Crippen LogP contribution in [-0.4, -0.2) is 10.8 Å². The molecule has 1 aliphatic rings. The molecule has 1 saturated carbocycles. The highest BCUT2D eigenvalue weighted by Gasteiger charge is 2.37. The average Bonchev–Trinajstić information content (AvgIpc) is 2.62. The highest BCUT2D eigenvalue weighted by molar-refractivity contribution is 7.09. The average molecular weight is 209 g/mol. The van der Waals surface area contributed by atoms with E-state index >= 15 is 0 Å². The molecule has 76 valence electrons. The minimum Gasteiger partial charge on any atom is -0.300 e. The molecule has 3 heteroatoms. The van der Waals surface area contributed by atoms with Gasteiger partial charge < -0.3 is 0 Å². The van der Waals surface area contributed by atoms with Crippen molar-refractivity contribution in [3.63, 3.8) is 0 Å². The number of rotatable bonds is 1. The molecule has 1 heterocycles. The molecule has 0 aliphatic heterocycles. The van der Waals surface area contributed by atoms with Gasteiger partial charge in [0, 0.05) is 29.8 Å². The summed E-state index contributed by atoms with van der Waals surface area (Å²) in [4.78, 5) is 16.8. The topological polar surface area (TPSA) is 30.0 Å². The third-order valence-corrected chi connectivity index (χ3v) is 4.11. The van der Waals surface area contributed by atoms with Crippen LogP contribution in [0.4, 0.5) is 0 Å². The van der Waals surface area contributed by atoms with E-state index in [0.717, 1.165) is 12.8 Å². The smallest absolute Gasteiger partial charge is 0.133 e. The monoisotopic (exact) mass is 209 g/mol. The summed E-state index contributed by atoms with van der Waals surface area (Å²) in [6, 6.07) is 0. The van der Waals surface area contributed by atoms with Gasteiger partial charge >= 0.3 is 0 Å². The van der Waals surface area contributed by atoms with Crippen LogP contribution in [0.5, 0.6) is 0 Å². The predicted octanol–water partition coefficient (Wildman–Crippen LogP) is 3.01. The highest BCUT2D eigenvalue weighted by atomic mass is 32.1. The van der Waals surface area contributed by atoms with E-state index in [9.17, 15) is 4.79 Å². The molecule has 1 unspecified atom stereocenters. The summed E-state index contributed by atoms with van der Waals surface area (Å²) in [6.45, 7) is 4.51. The lowest BCUT2D eigenvalue weighted by atomic mass is 9.68. The number of Topliss-reactive ketones (excluding diaryl/α,β-unsaturated/α-hetero) is 1. The van der Waals surface area contributed by atoms with E-state index in [-0.39, 0.29) is 5.41 Å². The van der Waals surface area contributed by atoms with Gasteiger partial charge in [-0.15, -0.1) is 11.3 Å². The Morgan fingerprint density at radius 1 is 1.57 bits per heavy atom. The largest absolute Gasteiger partial charge is 0.300 e. The second kappa shape index (κ2) is 3.46. The molecule has 0 spiro atoms. The molecule has 0 radical (unpaired) electrons. The van der Waals surface area contributed by atoms with Crippen LogP contribution in [-0.2, 0) is 4.79 Å². The quantitative estimate of drug-likeness (QED) is 0.711. The molecule has 1 aliphatic carbocycles. The zero-order valence-corrected chi connectivity index (χ0v) is 9.43. The number of ketones is 1. The van der Waals surface area contributed by atoms with Crippen molar-refractivity contribution in [2.24, 2.45) is 5.41 Å². The standard InChI is InChI=1S/C11H15NOS/c1-11(2)4-3-8(13)5-9(11)10-6-12-7-14-10/h6-7,9H,3-5H2,1-2H3. The van der Waals surface area contributed by atoms with Crippen LogP contribution in [0.1, 0.15) is 43.9 Å². The predicted molar refractivity (Wildman–Crippen MR) is 57.5 cm³/mol. The summed E-state index contributed by atoms with van der Waals surface area (Å²) in [5.41, 5.74) is 2.10. The summed E-state index contributed by atoms with van der Waals surface area (Å²) in [7, 11) is 0. The van der Waals surface area contributed by atoms with Gasteiger partial charge in [-0.1, -0.05) is 13.8 Å². The summed E-state index contributed by atoms with van der Waals surface area (Å²) in [5.74, 6) is 0.791. The number of hydrogen-bond donors (Lipinski definition) is 0. The summed E-state index contributed by atoms with van der Waals surface area (Å²) < 4.78 is 0. The fraction of sp³-hybridized carbons (Fsp3) is 0.636. The van der Waals surface area contributed by atoms with E-state index in [1.54, 1.807) is 11.3 Å². The van der Waals surface area contributed by atoms with Gasteiger partial charge in [0.25, 0.3) is 0 Å². The Morgan fingerprint density at radius 3 is 3.00 bits per heavy atom. The molecular formula is C11H15NOS. The Hall–Kier alpha value is -0.700. The maximum Gasteiger partial charge on any atom is 0.133 e. The van der Waals surface area contributed by atoms with Gasteiger partial charge in [0.2, 0.25) is 0 Å². The van der Waals surface area contributed by atoms with Crippen molar-refractivity contribution in [2.45, 2.75) is 39.0 Å². The third kappa shape index (κ3) is 1.73. The van der Waals surface area contributed by atoms with Crippen LogP contribution >= 0.6 is 11.3 Å². The van der Waals surface area contributed by atoms with Crippen LogP contribution in [0.25, 0.3) is 0 Å². The van der Waals surface area contributed by atoms with Gasteiger partial charge in [-0.2, -0.15) is 0 Å². The van der Waals surface area contributed by atoms with Crippen molar-refractivity contribution in [3.05, 3.63) is 16.6 Å². The lowest BCUT2D eigenvalue weighted by molar-refractivity contribution is -0.122. The zero-order valence-electron chi connectivity index (χ0n) is 8.62. The number of carbonyl (C=O) groups is 1. The molecule has 0 bridgehead atoms. The first-order chi connectivity index (χ1) is 6.59. The molecule has 0 amide bonds. The number of thiazole rings is 1. The van der Waals surface area contributed by atoms with E-state index in [0.29, 0.717) is 18.1 Å².